The Balaban J connectivity index is 2.18. The van der Waals surface area contributed by atoms with Gasteiger partial charge in [-0.05, 0) is 55.3 Å². The van der Waals surface area contributed by atoms with Crippen molar-refractivity contribution in [3.63, 3.8) is 0 Å². The zero-order valence-corrected chi connectivity index (χ0v) is 14.6. The van der Waals surface area contributed by atoms with Crippen LogP contribution in [0.3, 0.4) is 0 Å². The van der Waals surface area contributed by atoms with Crippen LogP contribution in [-0.2, 0) is 4.79 Å². The van der Waals surface area contributed by atoms with Crippen molar-refractivity contribution in [2.75, 3.05) is 0 Å². The average Bonchev–Trinajstić information content (AvgIpc) is 2.61. The summed E-state index contributed by atoms with van der Waals surface area (Å²) >= 11 is 0. The van der Waals surface area contributed by atoms with E-state index < -0.39 is 5.91 Å². The van der Waals surface area contributed by atoms with Crippen molar-refractivity contribution < 1.29 is 14.3 Å². The molecule has 4 nitrogen and oxygen atoms in total. The van der Waals surface area contributed by atoms with Crippen molar-refractivity contribution in [2.45, 2.75) is 27.2 Å². The molecule has 0 radical (unpaired) electrons. The Kier molecular flexibility index (Phi) is 5.97. The van der Waals surface area contributed by atoms with Crippen LogP contribution in [0.4, 0.5) is 0 Å². The van der Waals surface area contributed by atoms with Crippen molar-refractivity contribution in [2.24, 2.45) is 11.7 Å². The SMILES string of the molecule is CCC(C)C(=O)Oc1ccc(C#Cc2cccc(C(N)=O)c2)cc1C. The van der Waals surface area contributed by atoms with Gasteiger partial charge in [-0.2, -0.15) is 0 Å². The highest BCUT2D eigenvalue weighted by molar-refractivity contribution is 5.93. The lowest BCUT2D eigenvalue weighted by atomic mass is 10.1. The van der Waals surface area contributed by atoms with Crippen molar-refractivity contribution in [3.8, 4) is 17.6 Å². The average molecular weight is 335 g/mol. The molecular formula is C21H21NO3. The van der Waals surface area contributed by atoms with Gasteiger partial charge in [0, 0.05) is 16.7 Å². The summed E-state index contributed by atoms with van der Waals surface area (Å²) in [6.07, 6.45) is 0.742. The van der Waals surface area contributed by atoms with E-state index in [-0.39, 0.29) is 11.9 Å². The Bertz CT molecular complexity index is 859. The lowest BCUT2D eigenvalue weighted by molar-refractivity contribution is -0.138. The van der Waals surface area contributed by atoms with Crippen LogP contribution in [0.25, 0.3) is 0 Å². The number of benzene rings is 2. The van der Waals surface area contributed by atoms with Gasteiger partial charge in [0.25, 0.3) is 0 Å². The summed E-state index contributed by atoms with van der Waals surface area (Å²) in [5.74, 6) is 5.76. The molecule has 2 aromatic carbocycles. The van der Waals surface area contributed by atoms with Crippen LogP contribution in [0.5, 0.6) is 5.75 Å². The van der Waals surface area contributed by atoms with E-state index in [0.29, 0.717) is 16.9 Å². The van der Waals surface area contributed by atoms with Gasteiger partial charge >= 0.3 is 5.97 Å². The zero-order valence-electron chi connectivity index (χ0n) is 14.6. The Morgan fingerprint density at radius 3 is 2.40 bits per heavy atom. The lowest BCUT2D eigenvalue weighted by Crippen LogP contribution is -2.17. The van der Waals surface area contributed by atoms with E-state index in [9.17, 15) is 9.59 Å². The molecule has 2 N–H and O–H groups in total. The second-order valence-corrected chi connectivity index (χ2v) is 5.91. The molecule has 0 aliphatic heterocycles. The summed E-state index contributed by atoms with van der Waals surface area (Å²) < 4.78 is 5.42. The van der Waals surface area contributed by atoms with Crippen LogP contribution in [0.2, 0.25) is 0 Å². The van der Waals surface area contributed by atoms with E-state index >= 15 is 0 Å². The standard InChI is InChI=1S/C21H21NO3/c1-4-14(2)21(24)25-19-11-10-17(12-15(19)3)9-8-16-6-5-7-18(13-16)20(22)23/h5-7,10-14H,4H2,1-3H3,(H2,22,23). The fraction of sp³-hybridized carbons (Fsp3) is 0.238. The van der Waals surface area contributed by atoms with Gasteiger partial charge in [0.15, 0.2) is 0 Å². The monoisotopic (exact) mass is 335 g/mol. The van der Waals surface area contributed by atoms with Crippen LogP contribution >= 0.6 is 0 Å². The second-order valence-electron chi connectivity index (χ2n) is 5.91. The molecule has 2 rings (SSSR count). The number of esters is 1. The molecule has 0 fully saturated rings. The molecule has 0 spiro atoms. The van der Waals surface area contributed by atoms with E-state index in [4.69, 9.17) is 10.5 Å². The second kappa shape index (κ2) is 8.16. The number of primary amides is 1. The lowest BCUT2D eigenvalue weighted by Gasteiger charge is -2.11. The molecule has 2 aromatic rings. The van der Waals surface area contributed by atoms with Crippen molar-refractivity contribution in [3.05, 3.63) is 64.7 Å². The van der Waals surface area contributed by atoms with Crippen LogP contribution in [-0.4, -0.2) is 11.9 Å². The summed E-state index contributed by atoms with van der Waals surface area (Å²) in [5, 5.41) is 0. The number of hydrogen-bond donors (Lipinski definition) is 1. The fourth-order valence-electron chi connectivity index (χ4n) is 2.11. The predicted molar refractivity (Wildman–Crippen MR) is 97.2 cm³/mol. The van der Waals surface area contributed by atoms with Gasteiger partial charge in [-0.3, -0.25) is 9.59 Å². The maximum atomic E-state index is 11.9. The van der Waals surface area contributed by atoms with Gasteiger partial charge in [-0.15, -0.1) is 0 Å². The van der Waals surface area contributed by atoms with E-state index in [1.807, 2.05) is 32.9 Å². The van der Waals surface area contributed by atoms with E-state index in [2.05, 4.69) is 11.8 Å². The number of rotatable bonds is 4. The first-order chi connectivity index (χ1) is 11.9. The van der Waals surface area contributed by atoms with E-state index in [1.165, 1.54) is 0 Å². The first kappa shape index (κ1) is 18.3. The summed E-state index contributed by atoms with van der Waals surface area (Å²) in [6, 6.07) is 12.3. The largest absolute Gasteiger partial charge is 0.426 e. The maximum absolute atomic E-state index is 11.9. The molecular weight excluding hydrogens is 314 g/mol. The van der Waals surface area contributed by atoms with E-state index in [0.717, 1.165) is 17.5 Å². The number of nitrogens with two attached hydrogens (primary N) is 1. The third-order valence-electron chi connectivity index (χ3n) is 3.90. The quantitative estimate of drug-likeness (QED) is 0.528. The van der Waals surface area contributed by atoms with Gasteiger partial charge in [0.1, 0.15) is 5.75 Å². The van der Waals surface area contributed by atoms with Crippen molar-refractivity contribution in [1.29, 1.82) is 0 Å². The Hall–Kier alpha value is -3.06. The van der Waals surface area contributed by atoms with Gasteiger partial charge in [-0.1, -0.05) is 31.8 Å². The molecule has 128 valence electrons. The minimum absolute atomic E-state index is 0.128. The Morgan fingerprint density at radius 1 is 1.12 bits per heavy atom. The van der Waals surface area contributed by atoms with Gasteiger partial charge in [0.05, 0.1) is 5.92 Å². The highest BCUT2D eigenvalue weighted by atomic mass is 16.5. The smallest absolute Gasteiger partial charge is 0.314 e. The molecule has 0 aromatic heterocycles. The predicted octanol–water partition coefficient (Wildman–Crippen LogP) is 3.45. The summed E-state index contributed by atoms with van der Waals surface area (Å²) in [4.78, 5) is 23.1. The molecule has 1 amide bonds. The maximum Gasteiger partial charge on any atom is 0.314 e. The van der Waals surface area contributed by atoms with Gasteiger partial charge in [0.2, 0.25) is 5.91 Å². The molecule has 0 aliphatic rings. The highest BCUT2D eigenvalue weighted by Gasteiger charge is 2.14. The molecule has 0 bridgehead atoms. The molecule has 1 atom stereocenters. The van der Waals surface area contributed by atoms with Gasteiger partial charge < -0.3 is 10.5 Å². The number of ether oxygens (including phenoxy) is 1. The minimum atomic E-state index is -0.480. The summed E-state index contributed by atoms with van der Waals surface area (Å²) in [7, 11) is 0. The number of carbonyl (C=O) groups is 2. The number of amides is 1. The molecule has 0 saturated heterocycles. The Morgan fingerprint density at radius 2 is 1.80 bits per heavy atom. The molecule has 4 heteroatoms. The highest BCUT2D eigenvalue weighted by Crippen LogP contribution is 2.20. The van der Waals surface area contributed by atoms with Crippen LogP contribution in [0.1, 0.15) is 47.3 Å². The number of aryl methyl sites for hydroxylation is 1. The number of hydrogen-bond acceptors (Lipinski definition) is 3. The summed E-state index contributed by atoms with van der Waals surface area (Å²) in [5.41, 5.74) is 8.04. The third-order valence-corrected chi connectivity index (χ3v) is 3.90. The molecule has 1 unspecified atom stereocenters. The van der Waals surface area contributed by atoms with Crippen LogP contribution in [0, 0.1) is 24.7 Å². The Labute approximate surface area is 148 Å². The topological polar surface area (TPSA) is 69.4 Å². The molecule has 25 heavy (non-hydrogen) atoms. The minimum Gasteiger partial charge on any atom is -0.426 e. The zero-order chi connectivity index (χ0) is 18.4. The van der Waals surface area contributed by atoms with Crippen molar-refractivity contribution >= 4 is 11.9 Å². The first-order valence-corrected chi connectivity index (χ1v) is 8.15. The molecule has 0 saturated carbocycles. The van der Waals surface area contributed by atoms with E-state index in [1.54, 1.807) is 30.3 Å². The van der Waals surface area contributed by atoms with Gasteiger partial charge in [-0.25, -0.2) is 0 Å². The normalized spacial score (nSPS) is 11.2. The first-order valence-electron chi connectivity index (χ1n) is 8.15. The third kappa shape index (κ3) is 4.95. The number of carbonyl (C=O) groups excluding carboxylic acids is 2. The molecule has 0 heterocycles. The summed E-state index contributed by atoms with van der Waals surface area (Å²) in [6.45, 7) is 5.67. The fourth-order valence-corrected chi connectivity index (χ4v) is 2.11. The van der Waals surface area contributed by atoms with Crippen LogP contribution < -0.4 is 10.5 Å². The van der Waals surface area contributed by atoms with Crippen LogP contribution in [0.15, 0.2) is 42.5 Å². The molecule has 0 aliphatic carbocycles. The van der Waals surface area contributed by atoms with Crippen molar-refractivity contribution in [1.82, 2.24) is 0 Å².